The van der Waals surface area contributed by atoms with Crippen molar-refractivity contribution in [1.82, 2.24) is 4.98 Å². The fraction of sp³-hybridized carbons (Fsp3) is 0.615. The zero-order valence-corrected chi connectivity index (χ0v) is 9.95. The third-order valence-electron chi connectivity index (χ3n) is 3.55. The maximum atomic E-state index is 6.23. The first-order valence-corrected chi connectivity index (χ1v) is 6.22. The minimum absolute atomic E-state index is 0.396. The Bertz CT molecular complexity index is 299. The van der Waals surface area contributed by atoms with Crippen molar-refractivity contribution in [3.63, 3.8) is 0 Å². The molecule has 1 saturated carbocycles. The fourth-order valence-electron chi connectivity index (χ4n) is 2.46. The first-order chi connectivity index (χ1) is 7.25. The van der Waals surface area contributed by atoms with Gasteiger partial charge in [-0.25, -0.2) is 0 Å². The van der Waals surface area contributed by atoms with E-state index in [-0.39, 0.29) is 0 Å². The van der Waals surface area contributed by atoms with Crippen LogP contribution in [0.5, 0.6) is 0 Å². The van der Waals surface area contributed by atoms with Gasteiger partial charge in [0.15, 0.2) is 0 Å². The van der Waals surface area contributed by atoms with Gasteiger partial charge in [-0.1, -0.05) is 6.92 Å². The van der Waals surface area contributed by atoms with E-state index in [0.717, 1.165) is 18.3 Å². The molecule has 1 aliphatic rings. The minimum Gasteiger partial charge on any atom is -0.265 e. The molecule has 0 radical (unpaired) electrons. The van der Waals surface area contributed by atoms with E-state index in [2.05, 4.69) is 24.0 Å². The number of pyridine rings is 1. The molecule has 0 spiro atoms. The van der Waals surface area contributed by atoms with Crippen LogP contribution in [-0.4, -0.2) is 10.4 Å². The molecule has 1 aliphatic carbocycles. The van der Waals surface area contributed by atoms with E-state index in [1.54, 1.807) is 0 Å². The SMILES string of the molecule is CC1CCC(Cl)CC1Cc1ccncc1. The lowest BCUT2D eigenvalue weighted by Gasteiger charge is -2.31. The number of halogens is 1. The first kappa shape index (κ1) is 10.9. The lowest BCUT2D eigenvalue weighted by Crippen LogP contribution is -2.25. The van der Waals surface area contributed by atoms with Gasteiger partial charge in [-0.15, -0.1) is 11.6 Å². The molecule has 3 unspecified atom stereocenters. The van der Waals surface area contributed by atoms with Crippen molar-refractivity contribution in [3.05, 3.63) is 30.1 Å². The van der Waals surface area contributed by atoms with E-state index < -0.39 is 0 Å². The van der Waals surface area contributed by atoms with Gasteiger partial charge in [0.1, 0.15) is 0 Å². The van der Waals surface area contributed by atoms with Crippen LogP contribution in [0.3, 0.4) is 0 Å². The predicted molar refractivity (Wildman–Crippen MR) is 64.1 cm³/mol. The lowest BCUT2D eigenvalue weighted by atomic mass is 9.77. The first-order valence-electron chi connectivity index (χ1n) is 5.78. The highest BCUT2D eigenvalue weighted by Gasteiger charge is 2.26. The van der Waals surface area contributed by atoms with Crippen molar-refractivity contribution in [2.24, 2.45) is 11.8 Å². The highest BCUT2D eigenvalue weighted by atomic mass is 35.5. The molecule has 1 aromatic rings. The van der Waals surface area contributed by atoms with Crippen LogP contribution in [-0.2, 0) is 6.42 Å². The summed E-state index contributed by atoms with van der Waals surface area (Å²) in [5.41, 5.74) is 1.40. The van der Waals surface area contributed by atoms with Crippen molar-refractivity contribution < 1.29 is 0 Å². The van der Waals surface area contributed by atoms with Crippen molar-refractivity contribution in [1.29, 1.82) is 0 Å². The van der Waals surface area contributed by atoms with Crippen LogP contribution >= 0.6 is 11.6 Å². The van der Waals surface area contributed by atoms with Gasteiger partial charge in [-0.05, 0) is 55.2 Å². The Labute approximate surface area is 96.9 Å². The van der Waals surface area contributed by atoms with Gasteiger partial charge < -0.3 is 0 Å². The van der Waals surface area contributed by atoms with Crippen LogP contribution in [0.1, 0.15) is 31.7 Å². The Hall–Kier alpha value is -0.560. The highest BCUT2D eigenvalue weighted by Crippen LogP contribution is 2.34. The van der Waals surface area contributed by atoms with Gasteiger partial charge in [0.2, 0.25) is 0 Å². The van der Waals surface area contributed by atoms with E-state index in [0.29, 0.717) is 5.38 Å². The Morgan fingerprint density at radius 1 is 1.33 bits per heavy atom. The average molecular weight is 224 g/mol. The summed E-state index contributed by atoms with van der Waals surface area (Å²) in [6, 6.07) is 4.23. The van der Waals surface area contributed by atoms with Crippen LogP contribution in [0.4, 0.5) is 0 Å². The average Bonchev–Trinajstić information content (AvgIpc) is 2.25. The zero-order valence-electron chi connectivity index (χ0n) is 9.20. The quantitative estimate of drug-likeness (QED) is 0.698. The topological polar surface area (TPSA) is 12.9 Å². The molecular formula is C13H18ClN. The molecule has 3 atom stereocenters. The predicted octanol–water partition coefficient (Wildman–Crippen LogP) is 3.67. The highest BCUT2D eigenvalue weighted by molar-refractivity contribution is 6.20. The molecule has 0 saturated heterocycles. The summed E-state index contributed by atoms with van der Waals surface area (Å²) in [6.07, 6.45) is 8.56. The van der Waals surface area contributed by atoms with Crippen LogP contribution in [0, 0.1) is 11.8 Å². The summed E-state index contributed by atoms with van der Waals surface area (Å²) < 4.78 is 0. The molecule has 1 nitrogen and oxygen atoms in total. The minimum atomic E-state index is 0.396. The molecule has 2 rings (SSSR count). The third-order valence-corrected chi connectivity index (χ3v) is 3.94. The third kappa shape index (κ3) is 2.94. The normalized spacial score (nSPS) is 31.5. The number of rotatable bonds is 2. The number of hydrogen-bond acceptors (Lipinski definition) is 1. The van der Waals surface area contributed by atoms with Crippen LogP contribution in [0.2, 0.25) is 0 Å². The van der Waals surface area contributed by atoms with Crippen molar-refractivity contribution in [3.8, 4) is 0 Å². The van der Waals surface area contributed by atoms with E-state index in [1.807, 2.05) is 12.4 Å². The Balaban J connectivity index is 1.98. The van der Waals surface area contributed by atoms with Crippen LogP contribution in [0.25, 0.3) is 0 Å². The molecule has 0 amide bonds. The van der Waals surface area contributed by atoms with Crippen molar-refractivity contribution in [2.45, 2.75) is 38.0 Å². The molecule has 2 heteroatoms. The Morgan fingerprint density at radius 2 is 2.07 bits per heavy atom. The van der Waals surface area contributed by atoms with Crippen LogP contribution in [0.15, 0.2) is 24.5 Å². The second-order valence-electron chi connectivity index (χ2n) is 4.71. The standard InChI is InChI=1S/C13H18ClN/c1-10-2-3-13(14)9-12(10)8-11-4-6-15-7-5-11/h4-7,10,12-13H,2-3,8-9H2,1H3. The van der Waals surface area contributed by atoms with E-state index in [4.69, 9.17) is 11.6 Å². The smallest absolute Gasteiger partial charge is 0.0339 e. The van der Waals surface area contributed by atoms with Gasteiger partial charge in [0.05, 0.1) is 0 Å². The van der Waals surface area contributed by atoms with E-state index in [9.17, 15) is 0 Å². The molecule has 82 valence electrons. The second kappa shape index (κ2) is 4.98. The molecule has 0 N–H and O–H groups in total. The second-order valence-corrected chi connectivity index (χ2v) is 5.32. The summed E-state index contributed by atoms with van der Waals surface area (Å²) in [4.78, 5) is 4.05. The lowest BCUT2D eigenvalue weighted by molar-refractivity contribution is 0.258. The van der Waals surface area contributed by atoms with E-state index in [1.165, 1.54) is 24.8 Å². The Morgan fingerprint density at radius 3 is 2.80 bits per heavy atom. The van der Waals surface area contributed by atoms with Gasteiger partial charge in [-0.2, -0.15) is 0 Å². The van der Waals surface area contributed by atoms with E-state index >= 15 is 0 Å². The number of alkyl halides is 1. The summed E-state index contributed by atoms with van der Waals surface area (Å²) >= 11 is 6.23. The summed E-state index contributed by atoms with van der Waals surface area (Å²) in [5, 5.41) is 0.396. The maximum absolute atomic E-state index is 6.23. The number of nitrogens with zero attached hydrogens (tertiary/aromatic N) is 1. The van der Waals surface area contributed by atoms with Gasteiger partial charge in [-0.3, -0.25) is 4.98 Å². The largest absolute Gasteiger partial charge is 0.265 e. The summed E-state index contributed by atoms with van der Waals surface area (Å²) in [7, 11) is 0. The van der Waals surface area contributed by atoms with Crippen LogP contribution < -0.4 is 0 Å². The fourth-order valence-corrected chi connectivity index (χ4v) is 2.82. The van der Waals surface area contributed by atoms with Gasteiger partial charge in [0, 0.05) is 17.8 Å². The molecular weight excluding hydrogens is 206 g/mol. The summed E-state index contributed by atoms with van der Waals surface area (Å²) in [5.74, 6) is 1.57. The molecule has 0 bridgehead atoms. The summed E-state index contributed by atoms with van der Waals surface area (Å²) in [6.45, 7) is 2.36. The Kier molecular flexibility index (Phi) is 3.63. The van der Waals surface area contributed by atoms with Crippen molar-refractivity contribution in [2.75, 3.05) is 0 Å². The number of hydrogen-bond donors (Lipinski definition) is 0. The molecule has 1 heterocycles. The number of aromatic nitrogens is 1. The van der Waals surface area contributed by atoms with Gasteiger partial charge >= 0.3 is 0 Å². The molecule has 0 aliphatic heterocycles. The maximum Gasteiger partial charge on any atom is 0.0339 e. The van der Waals surface area contributed by atoms with Crippen molar-refractivity contribution >= 4 is 11.6 Å². The molecule has 1 fully saturated rings. The zero-order chi connectivity index (χ0) is 10.7. The monoisotopic (exact) mass is 223 g/mol. The molecule has 0 aromatic carbocycles. The molecule has 1 aromatic heterocycles. The molecule has 15 heavy (non-hydrogen) atoms. The van der Waals surface area contributed by atoms with Gasteiger partial charge in [0.25, 0.3) is 0 Å².